The van der Waals surface area contributed by atoms with E-state index in [-0.39, 0.29) is 70.1 Å². The summed E-state index contributed by atoms with van der Waals surface area (Å²) < 4.78 is 65.7. The largest absolute Gasteiger partial charge is 1.00 e. The molecule has 0 bridgehead atoms. The maximum atomic E-state index is 8.63. The maximum absolute atomic E-state index is 8.63. The van der Waals surface area contributed by atoms with E-state index in [4.69, 9.17) is 39.8 Å². The van der Waals surface area contributed by atoms with Crippen LogP contribution in [0.2, 0.25) is 0 Å². The fourth-order valence-corrected chi connectivity index (χ4v) is 0. The molecule has 0 aromatic rings. The summed E-state index contributed by atoms with van der Waals surface area (Å²) in [6, 6.07) is 0. The van der Waals surface area contributed by atoms with Gasteiger partial charge in [0.05, 0.1) is 0 Å². The third-order valence-corrected chi connectivity index (χ3v) is 0. The fourth-order valence-electron chi connectivity index (χ4n) is 0. The first kappa shape index (κ1) is 43.3. The molecule has 0 radical (unpaired) electrons. The van der Waals surface area contributed by atoms with Crippen molar-refractivity contribution in [2.75, 3.05) is 0 Å². The molecule has 0 amide bonds. The molecule has 0 aliphatic rings. The van der Waals surface area contributed by atoms with Crippen molar-refractivity contribution < 1.29 is 110 Å². The van der Waals surface area contributed by atoms with Crippen LogP contribution in [0.15, 0.2) is 0 Å². The Balaban J connectivity index is -0.0000000144. The summed E-state index contributed by atoms with van der Waals surface area (Å²) in [5.41, 5.74) is 0. The van der Waals surface area contributed by atoms with E-state index in [9.17, 15) is 0 Å². The first-order chi connectivity index (χ1) is 5.00. The van der Waals surface area contributed by atoms with Crippen molar-refractivity contribution >= 4 is 27.6 Å². The molecule has 92 valence electrons. The van der Waals surface area contributed by atoms with Crippen molar-refractivity contribution in [3.8, 4) is 0 Å². The normalized spacial score (nSPS) is 7.50. The molecule has 0 atom stereocenters. The topological polar surface area (TPSA) is 235 Å². The van der Waals surface area contributed by atoms with Gasteiger partial charge in [-0.1, -0.05) is 0 Å². The third kappa shape index (κ3) is 1780. The summed E-state index contributed by atoms with van der Waals surface area (Å²) in [6.45, 7) is 2.00. The molecular formula is CH8Na2O11S2. The molecule has 0 saturated heterocycles. The molecule has 0 spiro atoms. The molecule has 0 heterocycles. The van der Waals surface area contributed by atoms with Gasteiger partial charge in [0, 0.05) is 0 Å². The molecule has 0 aliphatic carbocycles. The number of carbonyl (C=O) groups excluding carboxylic acids is 1. The van der Waals surface area contributed by atoms with E-state index in [2.05, 4.69) is 0 Å². The molecule has 0 saturated carbocycles. The molecule has 0 rings (SSSR count). The van der Waals surface area contributed by atoms with Crippen molar-refractivity contribution in [3.63, 3.8) is 0 Å². The summed E-state index contributed by atoms with van der Waals surface area (Å²) in [5.74, 6) is 0. The fraction of sp³-hybridized carbons (Fsp3) is 0. The molecule has 0 aromatic heterocycles. The van der Waals surface area contributed by atoms with Crippen LogP contribution in [0, 0.1) is 0 Å². The molecule has 0 aromatic carbocycles. The van der Waals surface area contributed by atoms with Crippen molar-refractivity contribution in [3.05, 3.63) is 0 Å². The minimum atomic E-state index is -4.92. The quantitative estimate of drug-likeness (QED) is 0.245. The van der Waals surface area contributed by atoms with Gasteiger partial charge in [0.25, 0.3) is 0 Å². The number of hydrogen-bond donors (Lipinski definition) is 2. The Bertz CT molecular complexity index is 231. The second-order valence-corrected chi connectivity index (χ2v) is 2.57. The summed E-state index contributed by atoms with van der Waals surface area (Å²) in [7, 11) is -9.83. The van der Waals surface area contributed by atoms with Crippen LogP contribution >= 0.6 is 0 Å². The first-order valence-electron chi connectivity index (χ1n) is 1.65. The van der Waals surface area contributed by atoms with Crippen molar-refractivity contribution in [1.82, 2.24) is 0 Å². The van der Waals surface area contributed by atoms with Crippen LogP contribution in [0.3, 0.4) is 0 Å². The Morgan fingerprint density at radius 1 is 0.750 bits per heavy atom. The van der Waals surface area contributed by atoms with Crippen molar-refractivity contribution in [1.29, 1.82) is 0 Å². The average Bonchev–Trinajstić information content (AvgIpc) is 1.59. The maximum Gasteiger partial charge on any atom is 1.00 e. The van der Waals surface area contributed by atoms with Crippen LogP contribution in [0.5, 0.6) is 0 Å². The molecular weight excluding hydrogens is 298 g/mol. The van der Waals surface area contributed by atoms with Crippen LogP contribution in [-0.4, -0.2) is 52.8 Å². The molecule has 11 nitrogen and oxygen atoms in total. The Morgan fingerprint density at radius 3 is 0.750 bits per heavy atom. The first-order valence-corrected chi connectivity index (χ1v) is 4.38. The van der Waals surface area contributed by atoms with Gasteiger partial charge in [-0.3, -0.25) is 9.11 Å². The van der Waals surface area contributed by atoms with Crippen LogP contribution in [0.1, 0.15) is 0 Å². The zero-order valence-electron chi connectivity index (χ0n) is 8.28. The van der Waals surface area contributed by atoms with Gasteiger partial charge in [-0.2, -0.15) is 0 Å². The van der Waals surface area contributed by atoms with Gasteiger partial charge in [0.1, 0.15) is 6.79 Å². The standard InChI is InChI=1S/CH2O.2Na.2H2O4S.2H2O/c1-2;;;2*1-5(2,3)4;;/h1H2;;;2*(H2,1,2,3,4);2*1H2/q;2*+1;;;;/p-2. The van der Waals surface area contributed by atoms with E-state index in [0.29, 0.717) is 0 Å². The monoisotopic (exact) mass is 306 g/mol. The minimum Gasteiger partial charge on any atom is -0.726 e. The van der Waals surface area contributed by atoms with E-state index in [0.717, 1.165) is 0 Å². The summed E-state index contributed by atoms with van der Waals surface area (Å²) >= 11 is 0. The number of rotatable bonds is 0. The zero-order valence-corrected chi connectivity index (χ0v) is 13.9. The Morgan fingerprint density at radius 2 is 0.750 bits per heavy atom. The Labute approximate surface area is 136 Å². The van der Waals surface area contributed by atoms with Gasteiger partial charge in [-0.25, -0.2) is 16.8 Å². The minimum absolute atomic E-state index is 0. The summed E-state index contributed by atoms with van der Waals surface area (Å²) in [5, 5.41) is 0. The molecule has 0 unspecified atom stereocenters. The van der Waals surface area contributed by atoms with Crippen LogP contribution < -0.4 is 59.1 Å². The van der Waals surface area contributed by atoms with Gasteiger partial charge in [0.15, 0.2) is 0 Å². The van der Waals surface area contributed by atoms with Crippen LogP contribution in [-0.2, 0) is 25.6 Å². The van der Waals surface area contributed by atoms with Gasteiger partial charge >= 0.3 is 59.1 Å². The Hall–Kier alpha value is 1.33. The average molecular weight is 306 g/mol. The van der Waals surface area contributed by atoms with Crippen LogP contribution in [0.4, 0.5) is 0 Å². The molecule has 0 aliphatic heterocycles. The van der Waals surface area contributed by atoms with Gasteiger partial charge in [0.2, 0.25) is 20.8 Å². The zero-order chi connectivity index (χ0) is 11.0. The SMILES string of the molecule is C=O.O.O.O=S(=O)([O-])O.O=S(=O)([O-])O.[Na+].[Na+]. The predicted octanol–water partition coefficient (Wildman–Crippen LogP) is -9.82. The van der Waals surface area contributed by atoms with E-state index >= 15 is 0 Å². The van der Waals surface area contributed by atoms with Crippen LogP contribution in [0.25, 0.3) is 0 Å². The van der Waals surface area contributed by atoms with E-state index in [1.807, 2.05) is 6.79 Å². The smallest absolute Gasteiger partial charge is 0.726 e. The molecule has 0 fully saturated rings. The molecule has 6 N–H and O–H groups in total. The summed E-state index contributed by atoms with van der Waals surface area (Å²) in [4.78, 5) is 8.00. The third-order valence-electron chi connectivity index (χ3n) is 0. The Kier molecular flexibility index (Phi) is 58.5. The second-order valence-electron chi connectivity index (χ2n) is 0.855. The number of carbonyl (C=O) groups is 1. The summed E-state index contributed by atoms with van der Waals surface area (Å²) in [6.07, 6.45) is 0. The van der Waals surface area contributed by atoms with Gasteiger partial charge in [-0.15, -0.1) is 0 Å². The van der Waals surface area contributed by atoms with E-state index < -0.39 is 20.8 Å². The van der Waals surface area contributed by atoms with Crippen molar-refractivity contribution in [2.45, 2.75) is 0 Å². The second kappa shape index (κ2) is 21.6. The van der Waals surface area contributed by atoms with E-state index in [1.54, 1.807) is 0 Å². The van der Waals surface area contributed by atoms with E-state index in [1.165, 1.54) is 0 Å². The van der Waals surface area contributed by atoms with Gasteiger partial charge < -0.3 is 24.9 Å². The predicted molar refractivity (Wildman–Crippen MR) is 39.0 cm³/mol. The number of hydrogen-bond acceptors (Lipinski definition) is 7. The molecule has 15 heteroatoms. The van der Waals surface area contributed by atoms with Gasteiger partial charge in [-0.05, 0) is 0 Å². The van der Waals surface area contributed by atoms with Crippen molar-refractivity contribution in [2.24, 2.45) is 0 Å². The molecule has 16 heavy (non-hydrogen) atoms.